The molecular formula is C29H32N2O6. The predicted octanol–water partition coefficient (Wildman–Crippen LogP) is 5.97. The summed E-state index contributed by atoms with van der Waals surface area (Å²) in [6.45, 7) is 7.04. The number of unbranched alkanes of at least 4 members (excludes halogenated alkanes) is 2. The second kappa shape index (κ2) is 11.8. The summed E-state index contributed by atoms with van der Waals surface area (Å²) in [5.74, 6) is 0.186. The van der Waals surface area contributed by atoms with E-state index >= 15 is 0 Å². The van der Waals surface area contributed by atoms with Gasteiger partial charge in [-0.3, -0.25) is 14.5 Å². The van der Waals surface area contributed by atoms with Crippen molar-refractivity contribution in [2.24, 2.45) is 0 Å². The average Bonchev–Trinajstić information content (AvgIpc) is 3.45. The lowest BCUT2D eigenvalue weighted by atomic mass is 9.95. The van der Waals surface area contributed by atoms with E-state index in [1.54, 1.807) is 61.5 Å². The Morgan fingerprint density at radius 2 is 1.59 bits per heavy atom. The van der Waals surface area contributed by atoms with Crippen molar-refractivity contribution in [3.05, 3.63) is 77.1 Å². The van der Waals surface area contributed by atoms with Crippen LogP contribution in [0, 0.1) is 6.92 Å². The molecule has 1 amide bonds. The molecule has 2 aromatic carbocycles. The molecule has 0 spiro atoms. The molecule has 1 unspecified atom stereocenters. The highest BCUT2D eigenvalue weighted by Crippen LogP contribution is 2.42. The molecule has 1 N–H and O–H groups in total. The number of aromatic nitrogens is 1. The summed E-state index contributed by atoms with van der Waals surface area (Å²) in [7, 11) is 0. The molecule has 8 heteroatoms. The van der Waals surface area contributed by atoms with E-state index in [0.717, 1.165) is 25.7 Å². The molecule has 1 atom stereocenters. The standard InChI is InChI=1S/C29H32N2O6/c1-4-6-7-17-36-23-12-8-20(9-13-23)26-25(27(32)21-10-14-22(15-11-21)35-16-5-2)28(33)29(34)31(26)24-18-19(3)37-30-24/h8-15,18,26,32H,4-7,16-17H2,1-3H3. The predicted molar refractivity (Wildman–Crippen MR) is 140 cm³/mol. The minimum atomic E-state index is -0.894. The summed E-state index contributed by atoms with van der Waals surface area (Å²) in [5, 5.41) is 15.2. The van der Waals surface area contributed by atoms with Crippen molar-refractivity contribution in [1.82, 2.24) is 5.16 Å². The number of hydrogen-bond acceptors (Lipinski definition) is 7. The SMILES string of the molecule is CCCCCOc1ccc(C2C(=C(O)c3ccc(OCCC)cc3)C(=O)C(=O)N2c2cc(C)on2)cc1. The summed E-state index contributed by atoms with van der Waals surface area (Å²) in [6, 6.07) is 14.7. The third kappa shape index (κ3) is 5.69. The molecule has 1 aliphatic rings. The van der Waals surface area contributed by atoms with Crippen LogP contribution in [0.25, 0.3) is 5.76 Å². The maximum absolute atomic E-state index is 13.3. The summed E-state index contributed by atoms with van der Waals surface area (Å²) in [4.78, 5) is 27.7. The van der Waals surface area contributed by atoms with Crippen LogP contribution in [0.1, 0.15) is 62.5 Å². The fourth-order valence-corrected chi connectivity index (χ4v) is 4.22. The van der Waals surface area contributed by atoms with Gasteiger partial charge in [0.25, 0.3) is 5.78 Å². The fraction of sp³-hybridized carbons (Fsp3) is 0.345. The number of aliphatic hydroxyl groups is 1. The molecule has 3 aromatic rings. The van der Waals surface area contributed by atoms with E-state index in [-0.39, 0.29) is 17.2 Å². The van der Waals surface area contributed by atoms with Crippen molar-refractivity contribution in [3.8, 4) is 11.5 Å². The summed E-state index contributed by atoms with van der Waals surface area (Å²) < 4.78 is 16.6. The lowest BCUT2D eigenvalue weighted by Crippen LogP contribution is -2.29. The Morgan fingerprint density at radius 3 is 2.19 bits per heavy atom. The number of hydrogen-bond donors (Lipinski definition) is 1. The second-order valence-corrected chi connectivity index (χ2v) is 8.96. The third-order valence-corrected chi connectivity index (χ3v) is 6.12. The van der Waals surface area contributed by atoms with Crippen LogP contribution >= 0.6 is 0 Å². The van der Waals surface area contributed by atoms with Gasteiger partial charge in [-0.1, -0.05) is 44.0 Å². The molecule has 1 fully saturated rings. The minimum Gasteiger partial charge on any atom is -0.507 e. The lowest BCUT2D eigenvalue weighted by molar-refractivity contribution is -0.132. The van der Waals surface area contributed by atoms with Crippen LogP contribution in [-0.4, -0.2) is 35.2 Å². The lowest BCUT2D eigenvalue weighted by Gasteiger charge is -2.23. The van der Waals surface area contributed by atoms with E-state index in [1.165, 1.54) is 4.90 Å². The molecule has 0 aliphatic carbocycles. The molecule has 4 rings (SSSR count). The van der Waals surface area contributed by atoms with Crippen molar-refractivity contribution in [2.75, 3.05) is 18.1 Å². The second-order valence-electron chi connectivity index (χ2n) is 8.96. The number of carbonyl (C=O) groups is 2. The van der Waals surface area contributed by atoms with Crippen LogP contribution in [0.3, 0.4) is 0 Å². The van der Waals surface area contributed by atoms with Gasteiger partial charge in [0.1, 0.15) is 23.0 Å². The number of ether oxygens (including phenoxy) is 2. The average molecular weight is 505 g/mol. The van der Waals surface area contributed by atoms with Gasteiger partial charge < -0.3 is 19.1 Å². The molecule has 0 radical (unpaired) electrons. The quantitative estimate of drug-likeness (QED) is 0.149. The van der Waals surface area contributed by atoms with Crippen molar-refractivity contribution < 1.29 is 28.7 Å². The molecular weight excluding hydrogens is 472 g/mol. The van der Waals surface area contributed by atoms with Gasteiger partial charge in [0.05, 0.1) is 24.8 Å². The van der Waals surface area contributed by atoms with Crippen LogP contribution in [0.15, 0.2) is 64.7 Å². The highest BCUT2D eigenvalue weighted by molar-refractivity contribution is 6.51. The van der Waals surface area contributed by atoms with Gasteiger partial charge >= 0.3 is 5.91 Å². The number of aryl methyl sites for hydroxylation is 1. The maximum atomic E-state index is 13.3. The molecule has 0 saturated carbocycles. The van der Waals surface area contributed by atoms with Crippen LogP contribution in [0.2, 0.25) is 0 Å². The molecule has 2 heterocycles. The number of anilines is 1. The number of rotatable bonds is 11. The first-order chi connectivity index (χ1) is 17.9. The molecule has 1 aliphatic heterocycles. The Hall–Kier alpha value is -4.07. The summed E-state index contributed by atoms with van der Waals surface area (Å²) in [6.07, 6.45) is 4.04. The van der Waals surface area contributed by atoms with Gasteiger partial charge in [-0.05, 0) is 61.7 Å². The van der Waals surface area contributed by atoms with Gasteiger partial charge in [-0.25, -0.2) is 0 Å². The number of benzene rings is 2. The molecule has 0 bridgehead atoms. The first-order valence-electron chi connectivity index (χ1n) is 12.6. The fourth-order valence-electron chi connectivity index (χ4n) is 4.22. The monoisotopic (exact) mass is 504 g/mol. The Bertz CT molecular complexity index is 1260. The first-order valence-corrected chi connectivity index (χ1v) is 12.6. The third-order valence-electron chi connectivity index (χ3n) is 6.12. The zero-order valence-electron chi connectivity index (χ0n) is 21.4. The van der Waals surface area contributed by atoms with Crippen molar-refractivity contribution in [1.29, 1.82) is 0 Å². The minimum absolute atomic E-state index is 0.0236. The van der Waals surface area contributed by atoms with Crippen molar-refractivity contribution in [2.45, 2.75) is 52.5 Å². The maximum Gasteiger partial charge on any atom is 0.301 e. The van der Waals surface area contributed by atoms with Gasteiger partial charge in [0, 0.05) is 11.6 Å². The van der Waals surface area contributed by atoms with E-state index in [1.807, 2.05) is 6.92 Å². The van der Waals surface area contributed by atoms with Crippen LogP contribution in [-0.2, 0) is 9.59 Å². The van der Waals surface area contributed by atoms with E-state index in [2.05, 4.69) is 12.1 Å². The molecule has 194 valence electrons. The van der Waals surface area contributed by atoms with Crippen LogP contribution < -0.4 is 14.4 Å². The number of Topliss-reactive ketones (excluding diaryl/α,β-unsaturated/α-hetero) is 1. The van der Waals surface area contributed by atoms with Crippen molar-refractivity contribution in [3.63, 3.8) is 0 Å². The first kappa shape index (κ1) is 26.0. The van der Waals surface area contributed by atoms with Gasteiger partial charge in [-0.15, -0.1) is 0 Å². The number of ketones is 1. The number of nitrogens with zero attached hydrogens (tertiary/aromatic N) is 2. The van der Waals surface area contributed by atoms with Crippen LogP contribution in [0.5, 0.6) is 11.5 Å². The van der Waals surface area contributed by atoms with E-state index < -0.39 is 17.7 Å². The van der Waals surface area contributed by atoms with Gasteiger partial charge in [0.2, 0.25) is 0 Å². The smallest absolute Gasteiger partial charge is 0.301 e. The van der Waals surface area contributed by atoms with E-state index in [4.69, 9.17) is 14.0 Å². The zero-order valence-corrected chi connectivity index (χ0v) is 21.4. The Balaban J connectivity index is 1.72. The normalized spacial score (nSPS) is 16.8. The van der Waals surface area contributed by atoms with Crippen LogP contribution in [0.4, 0.5) is 5.82 Å². The molecule has 1 saturated heterocycles. The molecule has 8 nitrogen and oxygen atoms in total. The Morgan fingerprint density at radius 1 is 0.946 bits per heavy atom. The number of amides is 1. The van der Waals surface area contributed by atoms with E-state index in [0.29, 0.717) is 41.6 Å². The topological polar surface area (TPSA) is 102 Å². The number of carbonyl (C=O) groups excluding carboxylic acids is 2. The summed E-state index contributed by atoms with van der Waals surface area (Å²) in [5.41, 5.74) is 1.01. The summed E-state index contributed by atoms with van der Waals surface area (Å²) >= 11 is 0. The highest BCUT2D eigenvalue weighted by atomic mass is 16.5. The highest BCUT2D eigenvalue weighted by Gasteiger charge is 2.48. The molecule has 37 heavy (non-hydrogen) atoms. The Kier molecular flexibility index (Phi) is 8.28. The molecule has 1 aromatic heterocycles. The van der Waals surface area contributed by atoms with Crippen molar-refractivity contribution >= 4 is 23.3 Å². The number of aliphatic hydroxyl groups excluding tert-OH is 1. The van der Waals surface area contributed by atoms with Gasteiger partial charge in [0.15, 0.2) is 5.82 Å². The van der Waals surface area contributed by atoms with Gasteiger partial charge in [-0.2, -0.15) is 0 Å². The largest absolute Gasteiger partial charge is 0.507 e. The Labute approximate surface area is 216 Å². The van der Waals surface area contributed by atoms with E-state index in [9.17, 15) is 14.7 Å². The zero-order chi connectivity index (χ0) is 26.4.